The summed E-state index contributed by atoms with van der Waals surface area (Å²) in [7, 11) is 0. The van der Waals surface area contributed by atoms with Gasteiger partial charge in [-0.05, 0) is 48.9 Å². The van der Waals surface area contributed by atoms with Gasteiger partial charge in [0.2, 0.25) is 11.6 Å². The van der Waals surface area contributed by atoms with Gasteiger partial charge in [-0.1, -0.05) is 31.9 Å². The number of ketones is 2. The third-order valence-corrected chi connectivity index (χ3v) is 8.35. The molecule has 0 saturated carbocycles. The van der Waals surface area contributed by atoms with Crippen LogP contribution in [-0.2, 0) is 0 Å². The fourth-order valence-corrected chi connectivity index (χ4v) is 6.68. The number of benzene rings is 2. The highest BCUT2D eigenvalue weighted by Crippen LogP contribution is 2.55. The number of Topliss-reactive ketones (excluding diaryl/α,β-unsaturated/α-hetero) is 2. The quantitative estimate of drug-likeness (QED) is 0.584. The third kappa shape index (κ3) is 2.28. The van der Waals surface area contributed by atoms with Crippen LogP contribution in [0.5, 0.6) is 0 Å². The van der Waals surface area contributed by atoms with Gasteiger partial charge in [0.15, 0.2) is 9.74 Å². The highest BCUT2D eigenvalue weighted by atomic mass is 79.9. The highest BCUT2D eigenvalue weighted by molar-refractivity contribution is 9.10. The maximum atomic E-state index is 13.5. The molecule has 4 rings (SSSR count). The monoisotopic (exact) mass is 512 g/mol. The second kappa shape index (κ2) is 6.29. The van der Waals surface area contributed by atoms with Crippen molar-refractivity contribution in [2.24, 2.45) is 0 Å². The van der Waals surface area contributed by atoms with Crippen LogP contribution in [0.1, 0.15) is 20.7 Å². The van der Waals surface area contributed by atoms with Crippen molar-refractivity contribution in [2.45, 2.75) is 9.74 Å². The summed E-state index contributed by atoms with van der Waals surface area (Å²) in [5, 5.41) is 6.74. The molecule has 0 radical (unpaired) electrons. The van der Waals surface area contributed by atoms with Crippen LogP contribution in [-0.4, -0.2) is 33.8 Å². The summed E-state index contributed by atoms with van der Waals surface area (Å²) in [4.78, 5) is 24.6. The first-order valence-electron chi connectivity index (χ1n) is 7.74. The molecule has 2 atom stereocenters. The lowest BCUT2D eigenvalue weighted by molar-refractivity contribution is 0.0874. The lowest BCUT2D eigenvalue weighted by Crippen LogP contribution is -2.63. The van der Waals surface area contributed by atoms with Crippen molar-refractivity contribution in [1.82, 2.24) is 0 Å². The van der Waals surface area contributed by atoms with Crippen LogP contribution < -0.4 is 10.6 Å². The van der Waals surface area contributed by atoms with Gasteiger partial charge in [0.1, 0.15) is 0 Å². The molecule has 0 aliphatic carbocycles. The summed E-state index contributed by atoms with van der Waals surface area (Å²) < 4.78 is 1.76. The Labute approximate surface area is 176 Å². The topological polar surface area (TPSA) is 58.2 Å². The number of hydrogen-bond acceptors (Lipinski definition) is 6. The molecular formula is C18H14Br2N2O2S2. The van der Waals surface area contributed by atoms with Crippen LogP contribution in [0, 0.1) is 0 Å². The smallest absolute Gasteiger partial charge is 0.204 e. The van der Waals surface area contributed by atoms with E-state index in [0.717, 1.165) is 20.3 Å². The summed E-state index contributed by atoms with van der Waals surface area (Å²) in [6.07, 6.45) is 3.72. The minimum atomic E-state index is -1.14. The molecule has 0 spiro atoms. The van der Waals surface area contributed by atoms with Gasteiger partial charge in [-0.2, -0.15) is 0 Å². The SMILES string of the molecule is CSC1(C2(SC)Nc3cc(Br)ccc3C2=O)Nc2cc(Br)ccc2C1=O. The van der Waals surface area contributed by atoms with E-state index >= 15 is 0 Å². The van der Waals surface area contributed by atoms with Crippen molar-refractivity contribution in [3.63, 3.8) is 0 Å². The molecule has 2 aromatic carbocycles. The zero-order chi connectivity index (χ0) is 18.7. The molecule has 2 aliphatic rings. The number of thioether (sulfide) groups is 2. The average Bonchev–Trinajstić information content (AvgIpc) is 3.07. The molecule has 0 saturated heterocycles. The molecule has 2 N–H and O–H groups in total. The number of halogens is 2. The number of anilines is 2. The fourth-order valence-electron chi connectivity index (χ4n) is 3.58. The zero-order valence-corrected chi connectivity index (χ0v) is 18.7. The largest absolute Gasteiger partial charge is 0.361 e. The summed E-state index contributed by atoms with van der Waals surface area (Å²) in [5.41, 5.74) is 2.67. The predicted octanol–water partition coefficient (Wildman–Crippen LogP) is 5.25. The van der Waals surface area contributed by atoms with Gasteiger partial charge in [-0.3, -0.25) is 9.59 Å². The van der Waals surface area contributed by atoms with E-state index in [1.54, 1.807) is 12.1 Å². The van der Waals surface area contributed by atoms with E-state index in [4.69, 9.17) is 0 Å². The Morgan fingerprint density at radius 1 is 0.769 bits per heavy atom. The van der Waals surface area contributed by atoms with Crippen LogP contribution in [0.25, 0.3) is 0 Å². The first-order chi connectivity index (χ1) is 12.4. The Bertz CT molecular complexity index is 891. The van der Waals surface area contributed by atoms with Crippen LogP contribution in [0.2, 0.25) is 0 Å². The average molecular weight is 514 g/mol. The Morgan fingerprint density at radius 2 is 1.15 bits per heavy atom. The number of rotatable bonds is 3. The van der Waals surface area contributed by atoms with E-state index in [1.807, 2.05) is 36.8 Å². The summed E-state index contributed by atoms with van der Waals surface area (Å²) in [6.45, 7) is 0. The van der Waals surface area contributed by atoms with E-state index in [0.29, 0.717) is 11.1 Å². The lowest BCUT2D eigenvalue weighted by atomic mass is 9.96. The standard InChI is InChI=1S/C18H14Br2N2O2S2/c1-25-17(15(23)11-5-3-9(19)7-13(11)21-17)18(26-2)16(24)12-6-4-10(20)8-14(12)22-18/h3-8,21-22H,1-2H3. The van der Waals surface area contributed by atoms with E-state index in [-0.39, 0.29) is 11.6 Å². The van der Waals surface area contributed by atoms with Crippen molar-refractivity contribution >= 4 is 78.3 Å². The minimum absolute atomic E-state index is 0.0884. The third-order valence-electron chi connectivity index (χ3n) is 4.82. The van der Waals surface area contributed by atoms with Crippen LogP contribution in [0.4, 0.5) is 11.4 Å². The molecule has 8 heteroatoms. The molecule has 2 aliphatic heterocycles. The van der Waals surface area contributed by atoms with Gasteiger partial charge in [0.05, 0.1) is 0 Å². The molecule has 2 heterocycles. The van der Waals surface area contributed by atoms with E-state index in [1.165, 1.54) is 23.5 Å². The van der Waals surface area contributed by atoms with Gasteiger partial charge in [-0.15, -0.1) is 23.5 Å². The summed E-state index contributed by atoms with van der Waals surface area (Å²) in [6, 6.07) is 11.0. The first kappa shape index (κ1) is 18.4. The number of hydrogen-bond donors (Lipinski definition) is 2. The predicted molar refractivity (Wildman–Crippen MR) is 117 cm³/mol. The Kier molecular flexibility index (Phi) is 4.45. The second-order valence-electron chi connectivity index (χ2n) is 6.06. The minimum Gasteiger partial charge on any atom is -0.361 e. The van der Waals surface area contributed by atoms with Crippen LogP contribution >= 0.6 is 55.4 Å². The van der Waals surface area contributed by atoms with Crippen molar-refractivity contribution in [3.8, 4) is 0 Å². The van der Waals surface area contributed by atoms with Gasteiger partial charge in [0.25, 0.3) is 0 Å². The van der Waals surface area contributed by atoms with E-state index < -0.39 is 9.74 Å². The summed E-state index contributed by atoms with van der Waals surface area (Å²) >= 11 is 9.62. The molecule has 2 aromatic rings. The molecule has 0 bridgehead atoms. The number of nitrogens with one attached hydrogen (secondary N) is 2. The second-order valence-corrected chi connectivity index (χ2v) is 9.93. The molecule has 4 nitrogen and oxygen atoms in total. The van der Waals surface area contributed by atoms with Crippen LogP contribution in [0.3, 0.4) is 0 Å². The molecule has 0 amide bonds. The molecule has 134 valence electrons. The van der Waals surface area contributed by atoms with Crippen molar-refractivity contribution < 1.29 is 9.59 Å². The van der Waals surface area contributed by atoms with Gasteiger partial charge >= 0.3 is 0 Å². The van der Waals surface area contributed by atoms with Crippen LogP contribution in [0.15, 0.2) is 45.3 Å². The first-order valence-corrected chi connectivity index (χ1v) is 11.8. The maximum Gasteiger partial charge on any atom is 0.204 e. The molecule has 0 aromatic heterocycles. The zero-order valence-electron chi connectivity index (χ0n) is 13.9. The van der Waals surface area contributed by atoms with E-state index in [9.17, 15) is 9.59 Å². The molecule has 26 heavy (non-hydrogen) atoms. The van der Waals surface area contributed by atoms with E-state index in [2.05, 4.69) is 42.5 Å². The normalized spacial score (nSPS) is 26.3. The number of fused-ring (bicyclic) bond motifs is 2. The molecule has 0 fully saturated rings. The lowest BCUT2D eigenvalue weighted by Gasteiger charge is -2.42. The van der Waals surface area contributed by atoms with Crippen molar-refractivity contribution in [1.29, 1.82) is 0 Å². The molecule has 2 unspecified atom stereocenters. The fraction of sp³-hybridized carbons (Fsp3) is 0.222. The van der Waals surface area contributed by atoms with Crippen molar-refractivity contribution in [2.75, 3.05) is 23.1 Å². The summed E-state index contributed by atoms with van der Waals surface area (Å²) in [5.74, 6) is -0.177. The van der Waals surface area contributed by atoms with Gasteiger partial charge in [-0.25, -0.2) is 0 Å². The number of carbonyl (C=O) groups excluding carboxylic acids is 2. The molecular weight excluding hydrogens is 500 g/mol. The highest BCUT2D eigenvalue weighted by Gasteiger charge is 2.66. The number of carbonyl (C=O) groups is 2. The Balaban J connectivity index is 1.89. The maximum absolute atomic E-state index is 13.5. The Hall–Kier alpha value is -0.960. The van der Waals surface area contributed by atoms with Gasteiger partial charge in [0, 0.05) is 31.4 Å². The van der Waals surface area contributed by atoms with Gasteiger partial charge < -0.3 is 10.6 Å². The Morgan fingerprint density at radius 3 is 1.50 bits per heavy atom. The van der Waals surface area contributed by atoms with Crippen molar-refractivity contribution in [3.05, 3.63) is 56.5 Å².